The Hall–Kier alpha value is -1.50. The lowest BCUT2D eigenvalue weighted by atomic mass is 9.98. The number of esters is 1. The number of carboxylic acids is 1. The smallest absolute Gasteiger partial charge is 0.338 e. The van der Waals surface area contributed by atoms with E-state index in [-0.39, 0.29) is 22.0 Å². The molecule has 1 N–H and O–H groups in total. The van der Waals surface area contributed by atoms with E-state index in [1.165, 1.54) is 0 Å². The van der Waals surface area contributed by atoms with Gasteiger partial charge in [-0.1, -0.05) is 15.9 Å². The molecule has 0 spiro atoms. The lowest BCUT2D eigenvalue weighted by Crippen LogP contribution is -2.11. The van der Waals surface area contributed by atoms with Crippen molar-refractivity contribution >= 4 is 27.9 Å². The Morgan fingerprint density at radius 3 is 2.44 bits per heavy atom. The fourth-order valence-corrected chi connectivity index (χ4v) is 2.08. The molecule has 0 saturated carbocycles. The molecule has 18 heavy (non-hydrogen) atoms. The van der Waals surface area contributed by atoms with Gasteiger partial charge < -0.3 is 9.84 Å². The zero-order chi connectivity index (χ0) is 13.9. The minimum absolute atomic E-state index is 0.00297. The van der Waals surface area contributed by atoms with E-state index in [0.717, 1.165) is 19.2 Å². The number of alkyl halides is 3. The van der Waals surface area contributed by atoms with Crippen molar-refractivity contribution < 1.29 is 28.2 Å². The Kier molecular flexibility index (Phi) is 4.77. The third-order valence-corrected chi connectivity index (χ3v) is 2.87. The minimum atomic E-state index is -2.87. The highest BCUT2D eigenvalue weighted by Crippen LogP contribution is 2.29. The summed E-state index contributed by atoms with van der Waals surface area (Å²) in [6.07, 6.45) is -2.87. The maximum absolute atomic E-state index is 12.8. The molecule has 0 amide bonds. The topological polar surface area (TPSA) is 63.6 Å². The van der Waals surface area contributed by atoms with Gasteiger partial charge in [0.1, 0.15) is 0 Å². The second-order valence-electron chi connectivity index (χ2n) is 3.32. The van der Waals surface area contributed by atoms with Gasteiger partial charge in [0.2, 0.25) is 0 Å². The van der Waals surface area contributed by atoms with Crippen LogP contribution in [0.1, 0.15) is 38.3 Å². The Morgan fingerprint density at radius 2 is 2.06 bits per heavy atom. The number of hydrogen-bond donors (Lipinski definition) is 1. The van der Waals surface area contributed by atoms with E-state index in [4.69, 9.17) is 5.11 Å². The van der Waals surface area contributed by atoms with Crippen molar-refractivity contribution in [3.05, 3.63) is 34.4 Å². The molecule has 0 saturated heterocycles. The van der Waals surface area contributed by atoms with Gasteiger partial charge in [-0.3, -0.25) is 0 Å². The summed E-state index contributed by atoms with van der Waals surface area (Å²) in [6.45, 7) is 0. The molecule has 0 unspecified atom stereocenters. The van der Waals surface area contributed by atoms with Crippen LogP contribution >= 0.6 is 15.9 Å². The molecule has 98 valence electrons. The number of hydrogen-bond acceptors (Lipinski definition) is 3. The van der Waals surface area contributed by atoms with Crippen LogP contribution < -0.4 is 0 Å². The summed E-state index contributed by atoms with van der Waals surface area (Å²) in [6, 6.07) is 1.88. The number of carboxylic acid groups (broad SMARTS) is 1. The number of aromatic carboxylic acids is 1. The molecule has 4 nitrogen and oxygen atoms in total. The molecule has 0 radical (unpaired) electrons. The van der Waals surface area contributed by atoms with Crippen molar-refractivity contribution in [2.24, 2.45) is 0 Å². The van der Waals surface area contributed by atoms with E-state index >= 15 is 0 Å². The molecule has 0 fully saturated rings. The number of carbonyl (C=O) groups excluding carboxylic acids is 1. The molecule has 0 aliphatic rings. The van der Waals surface area contributed by atoms with Crippen LogP contribution in [0.2, 0.25) is 0 Å². The van der Waals surface area contributed by atoms with Crippen LogP contribution in [0.3, 0.4) is 0 Å². The summed E-state index contributed by atoms with van der Waals surface area (Å²) >= 11 is 3.00. The lowest BCUT2D eigenvalue weighted by Gasteiger charge is -2.12. The van der Waals surface area contributed by atoms with Crippen molar-refractivity contribution in [3.8, 4) is 0 Å². The quantitative estimate of drug-likeness (QED) is 0.683. The summed E-state index contributed by atoms with van der Waals surface area (Å²) in [5, 5.41) is 8.82. The molecule has 7 heteroatoms. The van der Waals surface area contributed by atoms with Gasteiger partial charge in [0, 0.05) is 10.9 Å². The van der Waals surface area contributed by atoms with Crippen LogP contribution in [0.4, 0.5) is 8.78 Å². The lowest BCUT2D eigenvalue weighted by molar-refractivity contribution is 0.0599. The summed E-state index contributed by atoms with van der Waals surface area (Å²) in [5.41, 5.74) is -1.02. The first kappa shape index (κ1) is 14.6. The van der Waals surface area contributed by atoms with Gasteiger partial charge in [0.15, 0.2) is 0 Å². The fraction of sp³-hybridized carbons (Fsp3) is 0.273. The van der Waals surface area contributed by atoms with Gasteiger partial charge >= 0.3 is 11.9 Å². The predicted octanol–water partition coefficient (Wildman–Crippen LogP) is 3.00. The maximum Gasteiger partial charge on any atom is 0.338 e. The SMILES string of the molecule is COC(=O)c1cc(C(=O)O)cc(C(F)F)c1CBr. The van der Waals surface area contributed by atoms with Crippen LogP contribution in [0.25, 0.3) is 0 Å². The molecular formula is C11H9BrF2O4. The maximum atomic E-state index is 12.8. The van der Waals surface area contributed by atoms with Crippen molar-refractivity contribution in [2.45, 2.75) is 11.8 Å². The van der Waals surface area contributed by atoms with Gasteiger partial charge in [0.05, 0.1) is 18.2 Å². The Morgan fingerprint density at radius 1 is 1.44 bits per heavy atom. The second kappa shape index (κ2) is 5.90. The number of methoxy groups -OCH3 is 1. The molecule has 0 heterocycles. The highest BCUT2D eigenvalue weighted by Gasteiger charge is 2.23. The summed E-state index contributed by atoms with van der Waals surface area (Å²) in [7, 11) is 1.09. The molecule has 0 aromatic heterocycles. The van der Waals surface area contributed by atoms with Crippen molar-refractivity contribution in [2.75, 3.05) is 7.11 Å². The molecule has 0 aliphatic heterocycles. The van der Waals surface area contributed by atoms with Gasteiger partial charge in [0.25, 0.3) is 6.43 Å². The Bertz CT molecular complexity index is 488. The molecule has 1 aromatic carbocycles. The van der Waals surface area contributed by atoms with Crippen LogP contribution in [-0.2, 0) is 10.1 Å². The average Bonchev–Trinajstić information content (AvgIpc) is 2.35. The van der Waals surface area contributed by atoms with E-state index in [2.05, 4.69) is 20.7 Å². The number of rotatable bonds is 4. The average molecular weight is 323 g/mol. The van der Waals surface area contributed by atoms with Gasteiger partial charge in [-0.05, 0) is 17.7 Å². The van der Waals surface area contributed by atoms with Crippen molar-refractivity contribution in [1.82, 2.24) is 0 Å². The minimum Gasteiger partial charge on any atom is -0.478 e. The van der Waals surface area contributed by atoms with E-state index < -0.39 is 23.9 Å². The summed E-state index contributed by atoms with van der Waals surface area (Å²) < 4.78 is 30.1. The van der Waals surface area contributed by atoms with Gasteiger partial charge in [-0.15, -0.1) is 0 Å². The van der Waals surface area contributed by atoms with Crippen LogP contribution in [-0.4, -0.2) is 24.2 Å². The highest BCUT2D eigenvalue weighted by atomic mass is 79.9. The van der Waals surface area contributed by atoms with Crippen LogP contribution in [0, 0.1) is 0 Å². The van der Waals surface area contributed by atoms with Gasteiger partial charge in [-0.2, -0.15) is 0 Å². The highest BCUT2D eigenvalue weighted by molar-refractivity contribution is 9.08. The molecule has 0 aliphatic carbocycles. The standard InChI is InChI=1S/C11H9BrF2O4/c1-18-11(17)7-3-5(10(15)16)2-6(9(13)14)8(7)4-12/h2-3,9H,4H2,1H3,(H,15,16). The predicted molar refractivity (Wildman–Crippen MR) is 62.3 cm³/mol. The number of benzene rings is 1. The molecule has 1 rings (SSSR count). The zero-order valence-electron chi connectivity index (χ0n) is 9.25. The van der Waals surface area contributed by atoms with E-state index in [1.807, 2.05) is 0 Å². The third-order valence-electron chi connectivity index (χ3n) is 2.31. The Labute approximate surface area is 110 Å². The van der Waals surface area contributed by atoms with Gasteiger partial charge in [-0.25, -0.2) is 18.4 Å². The number of carbonyl (C=O) groups is 2. The monoisotopic (exact) mass is 322 g/mol. The number of halogens is 3. The fourth-order valence-electron chi connectivity index (χ4n) is 1.45. The third kappa shape index (κ3) is 2.84. The molecular weight excluding hydrogens is 314 g/mol. The first-order valence-corrected chi connectivity index (χ1v) is 5.87. The molecule has 0 atom stereocenters. The van der Waals surface area contributed by atoms with E-state index in [1.54, 1.807) is 0 Å². The summed E-state index contributed by atoms with van der Waals surface area (Å²) in [4.78, 5) is 22.3. The normalized spacial score (nSPS) is 10.5. The van der Waals surface area contributed by atoms with E-state index in [9.17, 15) is 18.4 Å². The zero-order valence-corrected chi connectivity index (χ0v) is 10.8. The van der Waals surface area contributed by atoms with E-state index in [0.29, 0.717) is 0 Å². The molecule has 1 aromatic rings. The molecule has 0 bridgehead atoms. The first-order valence-electron chi connectivity index (χ1n) is 4.74. The Balaban J connectivity index is 3.55. The second-order valence-corrected chi connectivity index (χ2v) is 3.88. The van der Waals surface area contributed by atoms with Crippen molar-refractivity contribution in [3.63, 3.8) is 0 Å². The first-order chi connectivity index (χ1) is 8.42. The van der Waals surface area contributed by atoms with Crippen LogP contribution in [0.15, 0.2) is 12.1 Å². The summed E-state index contributed by atoms with van der Waals surface area (Å²) in [5.74, 6) is -2.24. The largest absolute Gasteiger partial charge is 0.478 e. The van der Waals surface area contributed by atoms with Crippen molar-refractivity contribution in [1.29, 1.82) is 0 Å². The number of ether oxygens (including phenoxy) is 1. The van der Waals surface area contributed by atoms with Crippen LogP contribution in [0.5, 0.6) is 0 Å².